The lowest BCUT2D eigenvalue weighted by Crippen LogP contribution is -2.44. The van der Waals surface area contributed by atoms with Crippen LogP contribution in [0.1, 0.15) is 39.2 Å². The van der Waals surface area contributed by atoms with Gasteiger partial charge in [0.1, 0.15) is 6.61 Å². The summed E-state index contributed by atoms with van der Waals surface area (Å²) < 4.78 is 5.20. The van der Waals surface area contributed by atoms with Crippen molar-refractivity contribution in [2.75, 3.05) is 0 Å². The van der Waals surface area contributed by atoms with Crippen LogP contribution < -0.4 is 5.32 Å². The number of nitrogens with one attached hydrogen (secondary N) is 1. The zero-order valence-corrected chi connectivity index (χ0v) is 13.7. The second-order valence-electron chi connectivity index (χ2n) is 6.07. The number of aliphatic hydroxyl groups excluding tert-OH is 1. The molecule has 0 spiro atoms. The maximum Gasteiger partial charge on any atom is 0.407 e. The molecule has 0 saturated carbocycles. The number of hydrogen-bond acceptors (Lipinski definition) is 3. The van der Waals surface area contributed by atoms with E-state index in [2.05, 4.69) is 25.7 Å². The first kappa shape index (κ1) is 18.2. The van der Waals surface area contributed by atoms with E-state index in [1.165, 1.54) is 0 Å². The fraction of sp³-hybridized carbons (Fsp3) is 0.500. The molecule has 0 heterocycles. The first-order chi connectivity index (χ1) is 10.4. The zero-order chi connectivity index (χ0) is 16.5. The molecule has 0 radical (unpaired) electrons. The molecule has 0 aliphatic rings. The molecule has 0 fully saturated rings. The van der Waals surface area contributed by atoms with Gasteiger partial charge in [0.15, 0.2) is 0 Å². The van der Waals surface area contributed by atoms with E-state index in [1.807, 2.05) is 30.3 Å². The maximum absolute atomic E-state index is 11.9. The molecule has 1 aromatic carbocycles. The van der Waals surface area contributed by atoms with Crippen molar-refractivity contribution in [3.8, 4) is 0 Å². The molecule has 1 aromatic rings. The van der Waals surface area contributed by atoms with Crippen LogP contribution in [0.2, 0.25) is 0 Å². The third kappa shape index (κ3) is 6.76. The molecule has 2 atom stereocenters. The van der Waals surface area contributed by atoms with Gasteiger partial charge in [-0.15, -0.1) is 0 Å². The lowest BCUT2D eigenvalue weighted by Gasteiger charge is -2.25. The molecular formula is C18H27NO3. The van der Waals surface area contributed by atoms with Gasteiger partial charge in [0.2, 0.25) is 0 Å². The summed E-state index contributed by atoms with van der Waals surface area (Å²) in [6.45, 7) is 9.95. The summed E-state index contributed by atoms with van der Waals surface area (Å²) in [4.78, 5) is 11.9. The van der Waals surface area contributed by atoms with E-state index in [-0.39, 0.29) is 12.6 Å². The minimum Gasteiger partial charge on any atom is -0.445 e. The van der Waals surface area contributed by atoms with E-state index >= 15 is 0 Å². The molecule has 4 nitrogen and oxygen atoms in total. The molecule has 1 amide bonds. The Morgan fingerprint density at radius 3 is 2.45 bits per heavy atom. The van der Waals surface area contributed by atoms with E-state index in [0.29, 0.717) is 17.9 Å². The summed E-state index contributed by atoms with van der Waals surface area (Å²) >= 11 is 0. The highest BCUT2D eigenvalue weighted by Gasteiger charge is 2.22. The van der Waals surface area contributed by atoms with Gasteiger partial charge in [-0.05, 0) is 31.2 Å². The van der Waals surface area contributed by atoms with Crippen molar-refractivity contribution in [1.29, 1.82) is 0 Å². The van der Waals surface area contributed by atoms with Crippen LogP contribution in [0.4, 0.5) is 4.79 Å². The number of alkyl carbamates (subject to hydrolysis) is 1. The smallest absolute Gasteiger partial charge is 0.407 e. The second-order valence-corrected chi connectivity index (χ2v) is 6.07. The Kier molecular flexibility index (Phi) is 7.67. The lowest BCUT2D eigenvalue weighted by atomic mass is 9.96. The van der Waals surface area contributed by atoms with Crippen LogP contribution in [0.15, 0.2) is 42.5 Å². The number of aliphatic hydroxyl groups is 1. The highest BCUT2D eigenvalue weighted by molar-refractivity contribution is 5.67. The van der Waals surface area contributed by atoms with Crippen LogP contribution in [0.5, 0.6) is 0 Å². The van der Waals surface area contributed by atoms with Gasteiger partial charge < -0.3 is 15.2 Å². The van der Waals surface area contributed by atoms with Crippen LogP contribution >= 0.6 is 0 Å². The van der Waals surface area contributed by atoms with Gasteiger partial charge >= 0.3 is 6.09 Å². The molecule has 0 aliphatic heterocycles. The van der Waals surface area contributed by atoms with Crippen molar-refractivity contribution >= 4 is 6.09 Å². The third-order valence-corrected chi connectivity index (χ3v) is 3.46. The van der Waals surface area contributed by atoms with Crippen molar-refractivity contribution in [2.45, 2.75) is 52.4 Å². The van der Waals surface area contributed by atoms with Gasteiger partial charge in [0.25, 0.3) is 0 Å². The SMILES string of the molecule is C=C(C)[C@H](O)[C@H](CCC(C)C)NC(=O)OCc1ccccc1. The fourth-order valence-corrected chi connectivity index (χ4v) is 2.08. The molecule has 0 aromatic heterocycles. The first-order valence-corrected chi connectivity index (χ1v) is 7.70. The lowest BCUT2D eigenvalue weighted by molar-refractivity contribution is 0.111. The predicted octanol–water partition coefficient (Wildman–Crippen LogP) is 3.65. The zero-order valence-electron chi connectivity index (χ0n) is 13.7. The van der Waals surface area contributed by atoms with Gasteiger partial charge in [0.05, 0.1) is 12.1 Å². The van der Waals surface area contributed by atoms with E-state index in [9.17, 15) is 9.90 Å². The van der Waals surface area contributed by atoms with Crippen molar-refractivity contribution in [2.24, 2.45) is 5.92 Å². The Bertz CT molecular complexity index is 470. The summed E-state index contributed by atoms with van der Waals surface area (Å²) in [5.41, 5.74) is 1.56. The Labute approximate surface area is 133 Å². The summed E-state index contributed by atoms with van der Waals surface area (Å²) in [6, 6.07) is 9.12. The van der Waals surface area contributed by atoms with Gasteiger partial charge in [-0.1, -0.05) is 56.3 Å². The first-order valence-electron chi connectivity index (χ1n) is 7.70. The van der Waals surface area contributed by atoms with Crippen LogP contribution in [-0.2, 0) is 11.3 Å². The number of amides is 1. The average Bonchev–Trinajstić information content (AvgIpc) is 2.49. The molecular weight excluding hydrogens is 278 g/mol. The monoisotopic (exact) mass is 305 g/mol. The molecule has 1 rings (SSSR count). The summed E-state index contributed by atoms with van der Waals surface area (Å²) in [5.74, 6) is 0.502. The highest BCUT2D eigenvalue weighted by atomic mass is 16.5. The summed E-state index contributed by atoms with van der Waals surface area (Å²) in [5, 5.41) is 12.9. The molecule has 0 bridgehead atoms. The number of hydrogen-bond donors (Lipinski definition) is 2. The quantitative estimate of drug-likeness (QED) is 0.721. The summed E-state index contributed by atoms with van der Waals surface area (Å²) in [6.07, 6.45) is 0.320. The molecule has 22 heavy (non-hydrogen) atoms. The van der Waals surface area contributed by atoms with E-state index in [4.69, 9.17) is 4.74 Å². The van der Waals surface area contributed by atoms with Gasteiger partial charge in [-0.25, -0.2) is 4.79 Å². The number of ether oxygens (including phenoxy) is 1. The molecule has 0 unspecified atom stereocenters. The number of rotatable bonds is 8. The van der Waals surface area contributed by atoms with Gasteiger partial charge in [-0.2, -0.15) is 0 Å². The minimum absolute atomic E-state index is 0.215. The second kappa shape index (κ2) is 9.26. The third-order valence-electron chi connectivity index (χ3n) is 3.46. The van der Waals surface area contributed by atoms with E-state index in [1.54, 1.807) is 6.92 Å². The molecule has 2 N–H and O–H groups in total. The number of benzene rings is 1. The Hall–Kier alpha value is -1.81. The Balaban J connectivity index is 2.52. The Morgan fingerprint density at radius 2 is 1.91 bits per heavy atom. The number of carbonyl (C=O) groups excluding carboxylic acids is 1. The van der Waals surface area contributed by atoms with E-state index in [0.717, 1.165) is 12.0 Å². The number of carbonyl (C=O) groups is 1. The topological polar surface area (TPSA) is 58.6 Å². The largest absolute Gasteiger partial charge is 0.445 e. The molecule has 0 saturated heterocycles. The van der Waals surface area contributed by atoms with Crippen LogP contribution in [-0.4, -0.2) is 23.3 Å². The van der Waals surface area contributed by atoms with Gasteiger partial charge in [0, 0.05) is 0 Å². The molecule has 122 valence electrons. The summed E-state index contributed by atoms with van der Waals surface area (Å²) in [7, 11) is 0. The molecule has 0 aliphatic carbocycles. The van der Waals surface area contributed by atoms with Crippen molar-refractivity contribution in [3.63, 3.8) is 0 Å². The molecule has 4 heteroatoms. The maximum atomic E-state index is 11.9. The standard InChI is InChI=1S/C18H27NO3/c1-13(2)10-11-16(17(20)14(3)4)19-18(21)22-12-15-8-6-5-7-9-15/h5-9,13,16-17,20H,3,10-12H2,1-2,4H3,(H,19,21)/t16-,17-/m0/s1. The van der Waals surface area contributed by atoms with Crippen LogP contribution in [0, 0.1) is 5.92 Å². The normalized spacial score (nSPS) is 13.5. The average molecular weight is 305 g/mol. The van der Waals surface area contributed by atoms with Crippen molar-refractivity contribution in [1.82, 2.24) is 5.32 Å². The fourth-order valence-electron chi connectivity index (χ4n) is 2.08. The van der Waals surface area contributed by atoms with Crippen molar-refractivity contribution < 1.29 is 14.6 Å². The predicted molar refractivity (Wildman–Crippen MR) is 88.4 cm³/mol. The van der Waals surface area contributed by atoms with Gasteiger partial charge in [-0.3, -0.25) is 0 Å². The van der Waals surface area contributed by atoms with Crippen LogP contribution in [0.25, 0.3) is 0 Å². The van der Waals surface area contributed by atoms with E-state index < -0.39 is 12.2 Å². The minimum atomic E-state index is -0.761. The Morgan fingerprint density at radius 1 is 1.27 bits per heavy atom. The van der Waals surface area contributed by atoms with Crippen molar-refractivity contribution in [3.05, 3.63) is 48.0 Å². The van der Waals surface area contributed by atoms with Crippen LogP contribution in [0.3, 0.4) is 0 Å². The highest BCUT2D eigenvalue weighted by Crippen LogP contribution is 2.14.